The van der Waals surface area contributed by atoms with Crippen molar-refractivity contribution in [3.63, 3.8) is 0 Å². The van der Waals surface area contributed by atoms with E-state index in [0.717, 1.165) is 18.9 Å². The standard InChI is InChI=1S/C14H21N3O5S/c1-22-10-4-7-15-13-6-5-12(17(18)19)11-14(13)23(20,21)16-8-2-3-9-16/h5-6,11,15H,2-4,7-10H2,1H3. The SMILES string of the molecule is COCCCNc1ccc([N+](=O)[O-])cc1S(=O)(=O)N1CCCC1. The third kappa shape index (κ3) is 4.18. The monoisotopic (exact) mass is 343 g/mol. The third-order valence-electron chi connectivity index (χ3n) is 3.70. The Morgan fingerprint density at radius 1 is 1.35 bits per heavy atom. The molecule has 1 heterocycles. The van der Waals surface area contributed by atoms with Gasteiger partial charge in [-0.05, 0) is 25.3 Å². The van der Waals surface area contributed by atoms with Gasteiger partial charge in [-0.15, -0.1) is 0 Å². The molecular formula is C14H21N3O5S. The van der Waals surface area contributed by atoms with Crippen LogP contribution in [0.25, 0.3) is 0 Å². The van der Waals surface area contributed by atoms with Crippen LogP contribution in [-0.4, -0.2) is 51.0 Å². The molecule has 1 aromatic carbocycles. The van der Waals surface area contributed by atoms with Crippen molar-refractivity contribution in [1.29, 1.82) is 0 Å². The lowest BCUT2D eigenvalue weighted by molar-refractivity contribution is -0.385. The smallest absolute Gasteiger partial charge is 0.270 e. The number of hydrogen-bond donors (Lipinski definition) is 1. The number of methoxy groups -OCH3 is 1. The molecule has 0 bridgehead atoms. The highest BCUT2D eigenvalue weighted by molar-refractivity contribution is 7.89. The number of nitro benzene ring substituents is 1. The molecule has 9 heteroatoms. The zero-order valence-electron chi connectivity index (χ0n) is 13.0. The van der Waals surface area contributed by atoms with E-state index < -0.39 is 14.9 Å². The van der Waals surface area contributed by atoms with E-state index in [1.54, 1.807) is 7.11 Å². The molecule has 8 nitrogen and oxygen atoms in total. The Morgan fingerprint density at radius 2 is 2.04 bits per heavy atom. The average Bonchev–Trinajstić information content (AvgIpc) is 3.06. The maximum Gasteiger partial charge on any atom is 0.270 e. The van der Waals surface area contributed by atoms with E-state index >= 15 is 0 Å². The van der Waals surface area contributed by atoms with Gasteiger partial charge in [-0.1, -0.05) is 0 Å². The van der Waals surface area contributed by atoms with Crippen molar-refractivity contribution in [3.8, 4) is 0 Å². The van der Waals surface area contributed by atoms with Crippen LogP contribution in [-0.2, 0) is 14.8 Å². The quantitative estimate of drug-likeness (QED) is 0.439. The summed E-state index contributed by atoms with van der Waals surface area (Å²) in [4.78, 5) is 10.4. The first-order valence-corrected chi connectivity index (χ1v) is 8.92. The summed E-state index contributed by atoms with van der Waals surface area (Å²) in [7, 11) is -2.14. The van der Waals surface area contributed by atoms with E-state index in [1.165, 1.54) is 16.4 Å². The van der Waals surface area contributed by atoms with Crippen molar-refractivity contribution in [3.05, 3.63) is 28.3 Å². The number of hydrogen-bond acceptors (Lipinski definition) is 6. The molecule has 1 fully saturated rings. The molecule has 0 atom stereocenters. The molecule has 1 aromatic rings. The van der Waals surface area contributed by atoms with Crippen molar-refractivity contribution in [2.75, 3.05) is 38.7 Å². The molecule has 1 N–H and O–H groups in total. The first kappa shape index (κ1) is 17.6. The average molecular weight is 343 g/mol. The number of ether oxygens (including phenoxy) is 1. The number of nitrogens with one attached hydrogen (secondary N) is 1. The van der Waals surface area contributed by atoms with Crippen LogP contribution in [0.3, 0.4) is 0 Å². The lowest BCUT2D eigenvalue weighted by atomic mass is 10.2. The minimum absolute atomic E-state index is 0.0361. The molecule has 0 saturated carbocycles. The number of non-ortho nitro benzene ring substituents is 1. The fraction of sp³-hybridized carbons (Fsp3) is 0.571. The molecule has 0 amide bonds. The Labute approximate surface area is 135 Å². The predicted molar refractivity (Wildman–Crippen MR) is 86.1 cm³/mol. The van der Waals surface area contributed by atoms with Gasteiger partial charge in [-0.2, -0.15) is 4.31 Å². The highest BCUT2D eigenvalue weighted by atomic mass is 32.2. The molecule has 2 rings (SSSR count). The zero-order chi connectivity index (χ0) is 16.9. The Balaban J connectivity index is 2.32. The van der Waals surface area contributed by atoms with Crippen molar-refractivity contribution in [2.24, 2.45) is 0 Å². The molecule has 0 radical (unpaired) electrons. The molecule has 0 spiro atoms. The van der Waals surface area contributed by atoms with E-state index in [2.05, 4.69) is 5.32 Å². The van der Waals surface area contributed by atoms with Crippen molar-refractivity contribution >= 4 is 21.4 Å². The van der Waals surface area contributed by atoms with Crippen molar-refractivity contribution in [2.45, 2.75) is 24.2 Å². The summed E-state index contributed by atoms with van der Waals surface area (Å²) in [6, 6.07) is 3.89. The second kappa shape index (κ2) is 7.71. The molecule has 1 aliphatic rings. The Bertz CT molecular complexity index is 656. The number of sulfonamides is 1. The lowest BCUT2D eigenvalue weighted by Crippen LogP contribution is -2.28. The van der Waals surface area contributed by atoms with Gasteiger partial charge in [0.15, 0.2) is 0 Å². The largest absolute Gasteiger partial charge is 0.385 e. The van der Waals surface area contributed by atoms with Crippen LogP contribution in [0.2, 0.25) is 0 Å². The van der Waals surface area contributed by atoms with Gasteiger partial charge in [0, 0.05) is 45.5 Å². The van der Waals surface area contributed by atoms with Gasteiger partial charge in [-0.3, -0.25) is 10.1 Å². The number of rotatable bonds is 8. The zero-order valence-corrected chi connectivity index (χ0v) is 13.8. The second-order valence-electron chi connectivity index (χ2n) is 5.32. The Hall–Kier alpha value is -1.71. The van der Waals surface area contributed by atoms with E-state index in [-0.39, 0.29) is 10.6 Å². The Morgan fingerprint density at radius 3 is 2.65 bits per heavy atom. The third-order valence-corrected chi connectivity index (χ3v) is 5.64. The first-order valence-electron chi connectivity index (χ1n) is 7.48. The van der Waals surface area contributed by atoms with Gasteiger partial charge in [0.2, 0.25) is 10.0 Å². The minimum Gasteiger partial charge on any atom is -0.385 e. The topological polar surface area (TPSA) is 102 Å². The number of nitrogens with zero attached hydrogens (tertiary/aromatic N) is 2. The minimum atomic E-state index is -3.73. The molecule has 23 heavy (non-hydrogen) atoms. The van der Waals surface area contributed by atoms with E-state index in [9.17, 15) is 18.5 Å². The molecule has 128 valence electrons. The van der Waals surface area contributed by atoms with Gasteiger partial charge in [0.25, 0.3) is 5.69 Å². The van der Waals surface area contributed by atoms with Crippen molar-refractivity contribution in [1.82, 2.24) is 4.31 Å². The summed E-state index contributed by atoms with van der Waals surface area (Å²) in [5.41, 5.74) is 0.156. The molecule has 1 aliphatic heterocycles. The van der Waals surface area contributed by atoms with E-state index in [4.69, 9.17) is 4.74 Å². The number of nitro groups is 1. The second-order valence-corrected chi connectivity index (χ2v) is 7.23. The van der Waals surface area contributed by atoms with Gasteiger partial charge in [-0.25, -0.2) is 8.42 Å². The molecule has 1 saturated heterocycles. The highest BCUT2D eigenvalue weighted by Crippen LogP contribution is 2.30. The Kier molecular flexibility index (Phi) is 5.91. The van der Waals surface area contributed by atoms with Crippen LogP contribution < -0.4 is 5.32 Å². The van der Waals surface area contributed by atoms with Crippen LogP contribution >= 0.6 is 0 Å². The maximum atomic E-state index is 12.8. The first-order chi connectivity index (χ1) is 11.0. The number of anilines is 1. The van der Waals surface area contributed by atoms with Gasteiger partial charge < -0.3 is 10.1 Å². The van der Waals surface area contributed by atoms with Crippen LogP contribution in [0.4, 0.5) is 11.4 Å². The van der Waals surface area contributed by atoms with Gasteiger partial charge in [0.05, 0.1) is 10.6 Å². The highest BCUT2D eigenvalue weighted by Gasteiger charge is 2.30. The summed E-state index contributed by atoms with van der Waals surface area (Å²) in [5.74, 6) is 0. The van der Waals surface area contributed by atoms with Crippen LogP contribution in [0.5, 0.6) is 0 Å². The molecule has 0 aromatic heterocycles. The molecule has 0 unspecified atom stereocenters. The van der Waals surface area contributed by atoms with Crippen LogP contribution in [0.1, 0.15) is 19.3 Å². The fourth-order valence-corrected chi connectivity index (χ4v) is 4.20. The van der Waals surface area contributed by atoms with Gasteiger partial charge in [0.1, 0.15) is 4.90 Å². The van der Waals surface area contributed by atoms with Crippen molar-refractivity contribution < 1.29 is 18.1 Å². The summed E-state index contributed by atoms with van der Waals surface area (Å²) < 4.78 is 31.8. The lowest BCUT2D eigenvalue weighted by Gasteiger charge is -2.18. The summed E-state index contributed by atoms with van der Waals surface area (Å²) in [6.45, 7) is 1.98. The predicted octanol–water partition coefficient (Wildman–Crippen LogP) is 1.83. The fourth-order valence-electron chi connectivity index (χ4n) is 2.49. The van der Waals surface area contributed by atoms with Crippen LogP contribution in [0, 0.1) is 10.1 Å². The summed E-state index contributed by atoms with van der Waals surface area (Å²) in [5, 5.41) is 14.0. The molecule has 0 aliphatic carbocycles. The van der Waals surface area contributed by atoms with E-state index in [1.807, 2.05) is 0 Å². The normalized spacial score (nSPS) is 15.7. The molecular weight excluding hydrogens is 322 g/mol. The maximum absolute atomic E-state index is 12.8. The van der Waals surface area contributed by atoms with Crippen LogP contribution in [0.15, 0.2) is 23.1 Å². The number of benzene rings is 1. The van der Waals surface area contributed by atoms with E-state index in [0.29, 0.717) is 38.3 Å². The summed E-state index contributed by atoms with van der Waals surface area (Å²) in [6.07, 6.45) is 2.33. The summed E-state index contributed by atoms with van der Waals surface area (Å²) >= 11 is 0. The van der Waals surface area contributed by atoms with Gasteiger partial charge >= 0.3 is 0 Å².